The summed E-state index contributed by atoms with van der Waals surface area (Å²) in [7, 11) is 3.53. The van der Waals surface area contributed by atoms with Crippen molar-refractivity contribution < 1.29 is 4.79 Å². The first-order valence-electron chi connectivity index (χ1n) is 8.23. The highest BCUT2D eigenvalue weighted by Gasteiger charge is 2.27. The van der Waals surface area contributed by atoms with Gasteiger partial charge in [0.2, 0.25) is 5.91 Å². The van der Waals surface area contributed by atoms with E-state index in [-0.39, 0.29) is 36.4 Å². The zero-order valence-corrected chi connectivity index (χ0v) is 16.6. The van der Waals surface area contributed by atoms with E-state index in [1.165, 1.54) is 32.1 Å². The number of nitrogens with one attached hydrogen (secondary N) is 2. The van der Waals surface area contributed by atoms with Gasteiger partial charge in [-0.3, -0.25) is 4.79 Å². The maximum absolute atomic E-state index is 11.7. The van der Waals surface area contributed by atoms with Gasteiger partial charge in [0.1, 0.15) is 6.54 Å². The van der Waals surface area contributed by atoms with E-state index in [1.54, 1.807) is 19.0 Å². The Labute approximate surface area is 151 Å². The van der Waals surface area contributed by atoms with Crippen LogP contribution >= 0.6 is 24.0 Å². The van der Waals surface area contributed by atoms with Crippen molar-refractivity contribution in [2.75, 3.05) is 20.6 Å². The maximum Gasteiger partial charge on any atom is 0.243 e. The third-order valence-electron chi connectivity index (χ3n) is 4.73. The maximum atomic E-state index is 11.7. The fourth-order valence-corrected chi connectivity index (χ4v) is 2.71. The second kappa shape index (κ2) is 8.93. The Bertz CT molecular complexity index is 396. The van der Waals surface area contributed by atoms with Crippen molar-refractivity contribution >= 4 is 35.8 Å². The van der Waals surface area contributed by atoms with Crippen molar-refractivity contribution in [3.8, 4) is 0 Å². The average molecular weight is 422 g/mol. The quantitative estimate of drug-likeness (QED) is 0.415. The monoisotopic (exact) mass is 422 g/mol. The molecule has 2 rings (SSSR count). The molecule has 0 aromatic carbocycles. The molecule has 0 aromatic rings. The standard InChI is InChI=1S/C16H30N4O.HI/c1-11-5-6-14(9-12(11)2)19-16(18-13-7-8-13)17-10-15(21)20(3)4;/h11-14H,5-10H2,1-4H3,(H2,17,18,19);1H. The minimum atomic E-state index is 0. The van der Waals surface area contributed by atoms with Crippen LogP contribution in [-0.2, 0) is 4.79 Å². The number of halogens is 1. The summed E-state index contributed by atoms with van der Waals surface area (Å²) in [4.78, 5) is 17.8. The van der Waals surface area contributed by atoms with Crippen LogP contribution in [0.15, 0.2) is 4.99 Å². The van der Waals surface area contributed by atoms with E-state index in [0.717, 1.165) is 17.8 Å². The lowest BCUT2D eigenvalue weighted by atomic mass is 9.79. The molecule has 1 amide bonds. The lowest BCUT2D eigenvalue weighted by Crippen LogP contribution is -2.47. The first kappa shape index (κ1) is 19.5. The predicted molar refractivity (Wildman–Crippen MR) is 102 cm³/mol. The minimum Gasteiger partial charge on any atom is -0.354 e. The number of rotatable bonds is 4. The number of likely N-dealkylation sites (N-methyl/N-ethyl adjacent to an activating group) is 1. The zero-order chi connectivity index (χ0) is 15.4. The Morgan fingerprint density at radius 3 is 2.18 bits per heavy atom. The molecule has 2 aliphatic carbocycles. The van der Waals surface area contributed by atoms with Gasteiger partial charge in [-0.25, -0.2) is 4.99 Å². The van der Waals surface area contributed by atoms with Crippen LogP contribution in [0.2, 0.25) is 0 Å². The molecule has 6 heteroatoms. The van der Waals surface area contributed by atoms with Crippen LogP contribution in [0.1, 0.15) is 46.0 Å². The Hall–Kier alpha value is -0.530. The first-order valence-corrected chi connectivity index (χ1v) is 8.23. The van der Waals surface area contributed by atoms with Crippen molar-refractivity contribution in [3.05, 3.63) is 0 Å². The highest BCUT2D eigenvalue weighted by molar-refractivity contribution is 14.0. The third-order valence-corrected chi connectivity index (χ3v) is 4.73. The van der Waals surface area contributed by atoms with Gasteiger partial charge in [0.15, 0.2) is 5.96 Å². The van der Waals surface area contributed by atoms with Crippen molar-refractivity contribution in [1.29, 1.82) is 0 Å². The van der Waals surface area contributed by atoms with Crippen LogP contribution in [0.4, 0.5) is 0 Å². The predicted octanol–water partition coefficient (Wildman–Crippen LogP) is 2.21. The molecular formula is C16H31IN4O. The van der Waals surface area contributed by atoms with E-state index < -0.39 is 0 Å². The molecule has 0 bridgehead atoms. The summed E-state index contributed by atoms with van der Waals surface area (Å²) < 4.78 is 0. The van der Waals surface area contributed by atoms with Crippen LogP contribution < -0.4 is 10.6 Å². The smallest absolute Gasteiger partial charge is 0.243 e. The van der Waals surface area contributed by atoms with E-state index in [4.69, 9.17) is 0 Å². The van der Waals surface area contributed by atoms with E-state index in [0.29, 0.717) is 12.1 Å². The second-order valence-electron chi connectivity index (χ2n) is 6.98. The van der Waals surface area contributed by atoms with Crippen LogP contribution in [0, 0.1) is 11.8 Å². The Morgan fingerprint density at radius 2 is 1.64 bits per heavy atom. The molecule has 3 atom stereocenters. The fourth-order valence-electron chi connectivity index (χ4n) is 2.71. The van der Waals surface area contributed by atoms with Gasteiger partial charge in [-0.15, -0.1) is 24.0 Å². The molecule has 0 spiro atoms. The largest absolute Gasteiger partial charge is 0.354 e. The SMILES string of the molecule is CC1CCC(NC(=NCC(=O)N(C)C)NC2CC2)CC1C.I. The molecule has 3 unspecified atom stereocenters. The molecule has 0 heterocycles. The lowest BCUT2D eigenvalue weighted by Gasteiger charge is -2.33. The summed E-state index contributed by atoms with van der Waals surface area (Å²) in [5.41, 5.74) is 0. The van der Waals surface area contributed by atoms with Crippen LogP contribution in [0.25, 0.3) is 0 Å². The summed E-state index contributed by atoms with van der Waals surface area (Å²) in [6.45, 7) is 4.89. The number of nitrogens with zero attached hydrogens (tertiary/aromatic N) is 2. The highest BCUT2D eigenvalue weighted by atomic mass is 127. The molecule has 2 N–H and O–H groups in total. The topological polar surface area (TPSA) is 56.7 Å². The highest BCUT2D eigenvalue weighted by Crippen LogP contribution is 2.29. The molecule has 2 saturated carbocycles. The van der Waals surface area contributed by atoms with Gasteiger partial charge in [-0.1, -0.05) is 13.8 Å². The normalized spacial score (nSPS) is 28.5. The molecule has 0 radical (unpaired) electrons. The van der Waals surface area contributed by atoms with Gasteiger partial charge in [-0.05, 0) is 43.9 Å². The first-order chi connectivity index (χ1) is 9.95. The van der Waals surface area contributed by atoms with Crippen molar-refractivity contribution in [2.45, 2.75) is 58.0 Å². The molecule has 0 saturated heterocycles. The van der Waals surface area contributed by atoms with E-state index >= 15 is 0 Å². The molecule has 0 aliphatic heterocycles. The van der Waals surface area contributed by atoms with Crippen molar-refractivity contribution in [1.82, 2.24) is 15.5 Å². The summed E-state index contributed by atoms with van der Waals surface area (Å²) in [6, 6.07) is 1.03. The summed E-state index contributed by atoms with van der Waals surface area (Å²) in [6.07, 6.45) is 6.07. The number of carbonyl (C=O) groups is 1. The Kier molecular flexibility index (Phi) is 7.93. The summed E-state index contributed by atoms with van der Waals surface area (Å²) >= 11 is 0. The summed E-state index contributed by atoms with van der Waals surface area (Å²) in [5, 5.41) is 6.97. The number of aliphatic imine (C=N–C) groups is 1. The molecule has 128 valence electrons. The number of hydrogen-bond acceptors (Lipinski definition) is 2. The third kappa shape index (κ3) is 6.30. The lowest BCUT2D eigenvalue weighted by molar-refractivity contribution is -0.127. The number of guanidine groups is 1. The van der Waals surface area contributed by atoms with E-state index in [2.05, 4.69) is 29.5 Å². The average Bonchev–Trinajstić information content (AvgIpc) is 3.23. The molecular weight excluding hydrogens is 391 g/mol. The number of amides is 1. The van der Waals surface area contributed by atoms with Crippen LogP contribution in [0.5, 0.6) is 0 Å². The van der Waals surface area contributed by atoms with Gasteiger partial charge in [0.25, 0.3) is 0 Å². The Balaban J connectivity index is 0.00000242. The number of hydrogen-bond donors (Lipinski definition) is 2. The number of carbonyl (C=O) groups excluding carboxylic acids is 1. The Morgan fingerprint density at radius 1 is 1.05 bits per heavy atom. The molecule has 0 aromatic heterocycles. The van der Waals surface area contributed by atoms with E-state index in [9.17, 15) is 4.79 Å². The molecule has 2 aliphatic rings. The van der Waals surface area contributed by atoms with Crippen molar-refractivity contribution in [3.63, 3.8) is 0 Å². The second-order valence-corrected chi connectivity index (χ2v) is 6.98. The van der Waals surface area contributed by atoms with Gasteiger partial charge in [-0.2, -0.15) is 0 Å². The molecule has 5 nitrogen and oxygen atoms in total. The zero-order valence-electron chi connectivity index (χ0n) is 14.3. The van der Waals surface area contributed by atoms with Gasteiger partial charge >= 0.3 is 0 Å². The molecule has 2 fully saturated rings. The van der Waals surface area contributed by atoms with Crippen LogP contribution in [0.3, 0.4) is 0 Å². The molecule has 22 heavy (non-hydrogen) atoms. The van der Waals surface area contributed by atoms with Gasteiger partial charge < -0.3 is 15.5 Å². The van der Waals surface area contributed by atoms with Crippen LogP contribution in [-0.4, -0.2) is 49.5 Å². The fraction of sp³-hybridized carbons (Fsp3) is 0.875. The van der Waals surface area contributed by atoms with Gasteiger partial charge in [0.05, 0.1) is 0 Å². The minimum absolute atomic E-state index is 0. The van der Waals surface area contributed by atoms with E-state index in [1.807, 2.05) is 0 Å². The van der Waals surface area contributed by atoms with Crippen molar-refractivity contribution in [2.24, 2.45) is 16.8 Å². The van der Waals surface area contributed by atoms with Gasteiger partial charge in [0, 0.05) is 26.2 Å². The summed E-state index contributed by atoms with van der Waals surface area (Å²) in [5.74, 6) is 2.42.